The van der Waals surface area contributed by atoms with Gasteiger partial charge >= 0.3 is 0 Å². The molecule has 1 aliphatic carbocycles. The predicted octanol–water partition coefficient (Wildman–Crippen LogP) is 2.65. The van der Waals surface area contributed by atoms with Crippen LogP contribution in [0.15, 0.2) is 12.2 Å². The molecule has 0 bridgehead atoms. The molecule has 1 saturated carbocycles. The average Bonchev–Trinajstić information content (AvgIpc) is 2.10. The molecule has 0 aromatic rings. The van der Waals surface area contributed by atoms with E-state index in [1.165, 1.54) is 19.3 Å². The van der Waals surface area contributed by atoms with Gasteiger partial charge in [-0.25, -0.2) is 0 Å². The van der Waals surface area contributed by atoms with E-state index in [4.69, 9.17) is 0 Å². The third-order valence-electron chi connectivity index (χ3n) is 3.40. The quantitative estimate of drug-likeness (QED) is 0.674. The van der Waals surface area contributed by atoms with Gasteiger partial charge in [-0.15, -0.1) is 0 Å². The highest BCUT2D eigenvalue weighted by atomic mass is 16.1. The standard InChI is InChI=1S/C12H21NO/c1-4-7-11(14)13-12(3)9-6-5-8-10(12)2/h4,7,10H,5-6,8-9H2,1-3H3,(H,13,14)/b7-4+. The molecule has 2 unspecified atom stereocenters. The summed E-state index contributed by atoms with van der Waals surface area (Å²) in [6.07, 6.45) is 8.26. The van der Waals surface area contributed by atoms with Gasteiger partial charge in [0, 0.05) is 5.54 Å². The molecule has 0 heterocycles. The largest absolute Gasteiger partial charge is 0.347 e. The van der Waals surface area contributed by atoms with Gasteiger partial charge in [0.15, 0.2) is 0 Å². The van der Waals surface area contributed by atoms with Crippen molar-refractivity contribution in [3.05, 3.63) is 12.2 Å². The van der Waals surface area contributed by atoms with Crippen molar-refractivity contribution in [1.29, 1.82) is 0 Å². The molecule has 2 nitrogen and oxygen atoms in total. The fourth-order valence-electron chi connectivity index (χ4n) is 2.17. The molecule has 0 aromatic carbocycles. The Morgan fingerprint density at radius 1 is 1.50 bits per heavy atom. The first-order chi connectivity index (χ1) is 6.58. The molecule has 2 atom stereocenters. The van der Waals surface area contributed by atoms with Crippen molar-refractivity contribution in [2.75, 3.05) is 0 Å². The van der Waals surface area contributed by atoms with Gasteiger partial charge in [0.2, 0.25) is 5.91 Å². The molecular formula is C12H21NO. The second kappa shape index (κ2) is 4.63. The van der Waals surface area contributed by atoms with E-state index in [-0.39, 0.29) is 11.4 Å². The highest BCUT2D eigenvalue weighted by Gasteiger charge is 2.34. The first-order valence-corrected chi connectivity index (χ1v) is 5.53. The van der Waals surface area contributed by atoms with Crippen LogP contribution in [0.1, 0.15) is 46.5 Å². The van der Waals surface area contributed by atoms with Crippen LogP contribution in [0.3, 0.4) is 0 Å². The molecule has 1 fully saturated rings. The summed E-state index contributed by atoms with van der Waals surface area (Å²) in [5, 5.41) is 3.12. The van der Waals surface area contributed by atoms with Gasteiger partial charge in [0.25, 0.3) is 0 Å². The second-order valence-electron chi connectivity index (χ2n) is 4.55. The summed E-state index contributed by atoms with van der Waals surface area (Å²) >= 11 is 0. The minimum atomic E-state index is 0.00877. The van der Waals surface area contributed by atoms with Gasteiger partial charge in [0.1, 0.15) is 0 Å². The summed E-state index contributed by atoms with van der Waals surface area (Å²) in [5.74, 6) is 0.634. The SMILES string of the molecule is C/C=C/C(=O)NC1(C)CCCCC1C. The van der Waals surface area contributed by atoms with E-state index in [0.717, 1.165) is 6.42 Å². The van der Waals surface area contributed by atoms with E-state index >= 15 is 0 Å². The monoisotopic (exact) mass is 195 g/mol. The topological polar surface area (TPSA) is 29.1 Å². The maximum absolute atomic E-state index is 11.5. The first kappa shape index (κ1) is 11.3. The second-order valence-corrected chi connectivity index (χ2v) is 4.55. The van der Waals surface area contributed by atoms with Crippen molar-refractivity contribution in [2.24, 2.45) is 5.92 Å². The average molecular weight is 195 g/mol. The number of rotatable bonds is 2. The van der Waals surface area contributed by atoms with Crippen molar-refractivity contribution in [3.8, 4) is 0 Å². The first-order valence-electron chi connectivity index (χ1n) is 5.53. The van der Waals surface area contributed by atoms with Gasteiger partial charge in [0.05, 0.1) is 0 Å². The third-order valence-corrected chi connectivity index (χ3v) is 3.40. The van der Waals surface area contributed by atoms with Gasteiger partial charge < -0.3 is 5.32 Å². The predicted molar refractivity (Wildman–Crippen MR) is 59.0 cm³/mol. The Bertz CT molecular complexity index is 234. The van der Waals surface area contributed by atoms with Crippen molar-refractivity contribution in [2.45, 2.75) is 52.0 Å². The number of hydrogen-bond acceptors (Lipinski definition) is 1. The normalized spacial score (nSPS) is 33.2. The van der Waals surface area contributed by atoms with Gasteiger partial charge in [-0.3, -0.25) is 4.79 Å². The van der Waals surface area contributed by atoms with Crippen LogP contribution in [0.4, 0.5) is 0 Å². The van der Waals surface area contributed by atoms with Crippen LogP contribution in [-0.2, 0) is 4.79 Å². The minimum Gasteiger partial charge on any atom is -0.347 e. The molecule has 0 saturated heterocycles. The lowest BCUT2D eigenvalue weighted by atomic mass is 9.75. The van der Waals surface area contributed by atoms with Gasteiger partial charge in [-0.1, -0.05) is 25.8 Å². The molecule has 1 aliphatic rings. The van der Waals surface area contributed by atoms with E-state index in [9.17, 15) is 4.79 Å². The minimum absolute atomic E-state index is 0.00877. The van der Waals surface area contributed by atoms with Crippen LogP contribution in [0.5, 0.6) is 0 Å². The van der Waals surface area contributed by atoms with Crippen LogP contribution < -0.4 is 5.32 Å². The Kier molecular flexibility index (Phi) is 3.73. The number of carbonyl (C=O) groups excluding carboxylic acids is 1. The summed E-state index contributed by atoms with van der Waals surface area (Å²) in [7, 11) is 0. The summed E-state index contributed by atoms with van der Waals surface area (Å²) in [4.78, 5) is 11.5. The Morgan fingerprint density at radius 2 is 2.21 bits per heavy atom. The Morgan fingerprint density at radius 3 is 2.79 bits per heavy atom. The molecule has 0 radical (unpaired) electrons. The molecule has 2 heteroatoms. The van der Waals surface area contributed by atoms with E-state index in [2.05, 4.69) is 19.2 Å². The lowest BCUT2D eigenvalue weighted by molar-refractivity contribution is -0.119. The zero-order chi connectivity index (χ0) is 10.6. The molecule has 80 valence electrons. The number of allylic oxidation sites excluding steroid dienone is 1. The maximum Gasteiger partial charge on any atom is 0.244 e. The fraction of sp³-hybridized carbons (Fsp3) is 0.750. The summed E-state index contributed by atoms with van der Waals surface area (Å²) in [5.41, 5.74) is 0.00877. The van der Waals surface area contributed by atoms with E-state index in [1.807, 2.05) is 6.92 Å². The van der Waals surface area contributed by atoms with Gasteiger partial charge in [-0.2, -0.15) is 0 Å². The number of hydrogen-bond donors (Lipinski definition) is 1. The molecule has 14 heavy (non-hydrogen) atoms. The highest BCUT2D eigenvalue weighted by Crippen LogP contribution is 2.32. The van der Waals surface area contributed by atoms with Crippen molar-refractivity contribution in [3.63, 3.8) is 0 Å². The number of amides is 1. The zero-order valence-electron chi connectivity index (χ0n) is 9.47. The molecule has 0 spiro atoms. The molecule has 1 N–H and O–H groups in total. The Hall–Kier alpha value is -0.790. The third kappa shape index (κ3) is 2.60. The van der Waals surface area contributed by atoms with Crippen molar-refractivity contribution in [1.82, 2.24) is 5.32 Å². The highest BCUT2D eigenvalue weighted by molar-refractivity contribution is 5.88. The van der Waals surface area contributed by atoms with Gasteiger partial charge in [-0.05, 0) is 38.7 Å². The van der Waals surface area contributed by atoms with E-state index in [0.29, 0.717) is 5.92 Å². The molecule has 1 amide bonds. The van der Waals surface area contributed by atoms with Crippen LogP contribution in [-0.4, -0.2) is 11.4 Å². The number of carbonyl (C=O) groups is 1. The van der Waals surface area contributed by atoms with E-state index < -0.39 is 0 Å². The smallest absolute Gasteiger partial charge is 0.244 e. The van der Waals surface area contributed by atoms with Crippen LogP contribution in [0, 0.1) is 5.92 Å². The summed E-state index contributed by atoms with van der Waals surface area (Å²) in [6.45, 7) is 6.26. The summed E-state index contributed by atoms with van der Waals surface area (Å²) < 4.78 is 0. The van der Waals surface area contributed by atoms with Crippen LogP contribution in [0.2, 0.25) is 0 Å². The molecular weight excluding hydrogens is 174 g/mol. The molecule has 0 aliphatic heterocycles. The lowest BCUT2D eigenvalue weighted by Gasteiger charge is -2.40. The Balaban J connectivity index is 2.59. The summed E-state index contributed by atoms with van der Waals surface area (Å²) in [6, 6.07) is 0. The maximum atomic E-state index is 11.5. The zero-order valence-corrected chi connectivity index (χ0v) is 9.47. The van der Waals surface area contributed by atoms with Crippen LogP contribution >= 0.6 is 0 Å². The van der Waals surface area contributed by atoms with E-state index in [1.54, 1.807) is 12.2 Å². The van der Waals surface area contributed by atoms with Crippen molar-refractivity contribution >= 4 is 5.91 Å². The van der Waals surface area contributed by atoms with Crippen molar-refractivity contribution < 1.29 is 4.79 Å². The van der Waals surface area contributed by atoms with Crippen LogP contribution in [0.25, 0.3) is 0 Å². The molecule has 0 aromatic heterocycles. The lowest BCUT2D eigenvalue weighted by Crippen LogP contribution is -2.51. The molecule has 1 rings (SSSR count). The fourth-order valence-corrected chi connectivity index (χ4v) is 2.17. The number of nitrogens with one attached hydrogen (secondary N) is 1. The Labute approximate surface area is 86.8 Å².